The molecule has 0 unspecified atom stereocenters. The van der Waals surface area contributed by atoms with Crippen LogP contribution in [0.25, 0.3) is 0 Å². The van der Waals surface area contributed by atoms with Gasteiger partial charge in [0.05, 0.1) is 16.0 Å². The molecule has 11 heavy (non-hydrogen) atoms. The Balaban J connectivity index is 4.53. The summed E-state index contributed by atoms with van der Waals surface area (Å²) >= 11 is 0. The minimum absolute atomic E-state index is 2.53. The Bertz CT molecular complexity index is 102. The van der Waals surface area contributed by atoms with Crippen molar-refractivity contribution in [1.29, 1.82) is 0 Å². The Labute approximate surface area is 56.0 Å². The second-order valence-corrected chi connectivity index (χ2v) is 1.39. The molecule has 0 aromatic carbocycles. The summed E-state index contributed by atoms with van der Waals surface area (Å²) in [5.41, 5.74) is 3.85. The largest absolute Gasteiger partial charge is 0.356 e. The first-order valence-corrected chi connectivity index (χ1v) is 1.97. The van der Waals surface area contributed by atoms with Gasteiger partial charge in [-0.15, -0.1) is 0 Å². The Kier molecular flexibility index (Phi) is 3.04. The lowest BCUT2D eigenvalue weighted by Gasteiger charge is -2.26. The maximum absolute atomic E-state index is 11.2. The van der Waals surface area contributed by atoms with Crippen LogP contribution < -0.4 is 5.73 Å². The van der Waals surface area contributed by atoms with Crippen molar-refractivity contribution in [3.8, 4) is 0 Å². The highest BCUT2D eigenvalue weighted by Gasteiger charge is 2.52. The van der Waals surface area contributed by atoms with Gasteiger partial charge in [0.2, 0.25) is 0 Å². The summed E-state index contributed by atoms with van der Waals surface area (Å²) in [7, 11) is 0. The van der Waals surface area contributed by atoms with Crippen molar-refractivity contribution in [3.05, 3.63) is 0 Å². The van der Waals surface area contributed by atoms with E-state index in [0.29, 0.717) is 0 Å². The van der Waals surface area contributed by atoms with Gasteiger partial charge in [0.15, 0.2) is 0 Å². The van der Waals surface area contributed by atoms with Crippen LogP contribution in [0.1, 0.15) is 0 Å². The van der Waals surface area contributed by atoms with E-state index >= 15 is 0 Å². The molecule has 4 nitrogen and oxygen atoms in total. The van der Waals surface area contributed by atoms with E-state index in [1.165, 1.54) is 0 Å². The van der Waals surface area contributed by atoms with Crippen LogP contribution in [0.2, 0.25) is 0 Å². The fraction of sp³-hybridized carbons (Fsp3) is 1.00. The zero-order chi connectivity index (χ0) is 9.23. The molecule has 0 aliphatic rings. The number of nitrogens with zero attached hydrogens (tertiary/aromatic N) is 3. The van der Waals surface area contributed by atoms with Gasteiger partial charge in [-0.1, -0.05) is 26.9 Å². The summed E-state index contributed by atoms with van der Waals surface area (Å²) in [5, 5.41) is -7.60. The average Bonchev–Trinajstić information content (AvgIpc) is 1.84. The zero-order valence-electron chi connectivity index (χ0n) is 4.69. The van der Waals surface area contributed by atoms with E-state index < -0.39 is 21.9 Å². The fourth-order valence-electron chi connectivity index (χ4n) is 0.171. The molecule has 10 heteroatoms. The van der Waals surface area contributed by atoms with E-state index in [1.54, 1.807) is 0 Å². The minimum atomic E-state index is -4.50. The monoisotopic (exact) mass is 184 g/mol. The van der Waals surface area contributed by atoms with Crippen LogP contribution in [-0.2, 0) is 0 Å². The molecular formula is CH2F6N4. The normalized spacial score (nSPS) is 13.6. The Morgan fingerprint density at radius 1 is 0.727 bits per heavy atom. The SMILES string of the molecule is NC(N(F)F)(N(F)F)N(F)F. The second-order valence-electron chi connectivity index (χ2n) is 1.39. The number of rotatable bonds is 3. The third-order valence-corrected chi connectivity index (χ3v) is 0.746. The molecule has 0 fully saturated rings. The number of halogens is 6. The van der Waals surface area contributed by atoms with Crippen LogP contribution in [-0.4, -0.2) is 21.9 Å². The van der Waals surface area contributed by atoms with Crippen molar-refractivity contribution in [2.45, 2.75) is 5.91 Å². The first kappa shape index (κ1) is 10.4. The topological polar surface area (TPSA) is 35.7 Å². The van der Waals surface area contributed by atoms with Gasteiger partial charge in [0.25, 0.3) is 0 Å². The third kappa shape index (κ3) is 1.71. The summed E-state index contributed by atoms with van der Waals surface area (Å²) in [6.45, 7) is 0. The smallest absolute Gasteiger partial charge is 0.275 e. The van der Waals surface area contributed by atoms with Crippen molar-refractivity contribution < 1.29 is 26.9 Å². The van der Waals surface area contributed by atoms with E-state index in [9.17, 15) is 26.9 Å². The van der Waals surface area contributed by atoms with Gasteiger partial charge in [-0.05, 0) is 0 Å². The summed E-state index contributed by atoms with van der Waals surface area (Å²) in [4.78, 5) is 0. The highest BCUT2D eigenvalue weighted by Crippen LogP contribution is 2.22. The van der Waals surface area contributed by atoms with Gasteiger partial charge >= 0.3 is 5.91 Å². The second kappa shape index (κ2) is 3.21. The van der Waals surface area contributed by atoms with E-state index in [-0.39, 0.29) is 0 Å². The maximum atomic E-state index is 11.2. The Morgan fingerprint density at radius 2 is 0.909 bits per heavy atom. The molecule has 0 spiro atoms. The first-order chi connectivity index (χ1) is 4.83. The van der Waals surface area contributed by atoms with Gasteiger partial charge < -0.3 is 0 Å². The summed E-state index contributed by atoms with van der Waals surface area (Å²) in [6, 6.07) is 0. The highest BCUT2D eigenvalue weighted by molar-refractivity contribution is 4.57. The number of hydrogen-bond donors (Lipinski definition) is 1. The predicted octanol–water partition coefficient (Wildman–Crippen LogP) is 0.769. The molecule has 0 saturated carbocycles. The van der Waals surface area contributed by atoms with Crippen molar-refractivity contribution in [2.24, 2.45) is 5.73 Å². The third-order valence-electron chi connectivity index (χ3n) is 0.746. The average molecular weight is 184 g/mol. The van der Waals surface area contributed by atoms with Gasteiger partial charge in [-0.3, -0.25) is 5.73 Å². The molecule has 2 N–H and O–H groups in total. The number of hydrogen-bond acceptors (Lipinski definition) is 4. The molecule has 0 bridgehead atoms. The van der Waals surface area contributed by atoms with E-state index in [4.69, 9.17) is 0 Å². The Morgan fingerprint density at radius 3 is 0.909 bits per heavy atom. The molecule has 0 radical (unpaired) electrons. The maximum Gasteiger partial charge on any atom is 0.356 e. The lowest BCUT2D eigenvalue weighted by atomic mass is 10.7. The predicted molar refractivity (Wildman–Crippen MR) is 19.1 cm³/mol. The quantitative estimate of drug-likeness (QED) is 0.399. The van der Waals surface area contributed by atoms with Crippen LogP contribution >= 0.6 is 0 Å². The molecule has 0 aliphatic carbocycles. The summed E-state index contributed by atoms with van der Waals surface area (Å²) in [6.07, 6.45) is 0. The molecule has 0 aliphatic heterocycles. The van der Waals surface area contributed by atoms with Crippen molar-refractivity contribution in [3.63, 3.8) is 0 Å². The molecule has 68 valence electrons. The van der Waals surface area contributed by atoms with Crippen LogP contribution in [0.5, 0.6) is 0 Å². The van der Waals surface area contributed by atoms with Gasteiger partial charge in [0.1, 0.15) is 0 Å². The van der Waals surface area contributed by atoms with Crippen LogP contribution in [0.15, 0.2) is 0 Å². The molecule has 0 aromatic heterocycles. The first-order valence-electron chi connectivity index (χ1n) is 1.97. The highest BCUT2D eigenvalue weighted by atomic mass is 19.4. The van der Waals surface area contributed by atoms with Gasteiger partial charge in [-0.2, -0.15) is 0 Å². The van der Waals surface area contributed by atoms with Crippen molar-refractivity contribution in [2.75, 3.05) is 0 Å². The minimum Gasteiger partial charge on any atom is -0.275 e. The van der Waals surface area contributed by atoms with Crippen LogP contribution in [0.3, 0.4) is 0 Å². The standard InChI is InChI=1S/CH2F6N4/c2-9(3)1(8,10(4)5)11(6)7/h8H2. The lowest BCUT2D eigenvalue weighted by molar-refractivity contribution is -0.476. The zero-order valence-corrected chi connectivity index (χ0v) is 4.69. The molecular weight excluding hydrogens is 182 g/mol. The van der Waals surface area contributed by atoms with E-state index in [0.717, 1.165) is 0 Å². The lowest BCUT2D eigenvalue weighted by Crippen LogP contribution is -2.63. The van der Waals surface area contributed by atoms with Crippen molar-refractivity contribution >= 4 is 0 Å². The molecule has 0 rings (SSSR count). The molecule has 0 atom stereocenters. The molecule has 0 aromatic rings. The molecule has 0 amide bonds. The van der Waals surface area contributed by atoms with E-state index in [1.807, 2.05) is 0 Å². The molecule has 0 heterocycles. The molecule has 0 saturated heterocycles. The Hall–Kier alpha value is -0.580. The van der Waals surface area contributed by atoms with Crippen LogP contribution in [0, 0.1) is 0 Å². The van der Waals surface area contributed by atoms with Gasteiger partial charge in [-0.25, -0.2) is 0 Å². The summed E-state index contributed by atoms with van der Waals surface area (Å²) < 4.78 is 67.5. The summed E-state index contributed by atoms with van der Waals surface area (Å²) in [5.74, 6) is -4.50. The fourth-order valence-corrected chi connectivity index (χ4v) is 0.171. The van der Waals surface area contributed by atoms with Crippen LogP contribution in [0.4, 0.5) is 26.9 Å². The van der Waals surface area contributed by atoms with E-state index in [2.05, 4.69) is 5.73 Å². The van der Waals surface area contributed by atoms with Gasteiger partial charge in [0, 0.05) is 0 Å². The van der Waals surface area contributed by atoms with Crippen molar-refractivity contribution in [1.82, 2.24) is 16.0 Å². The number of nitrogens with two attached hydrogens (primary N) is 1.